The number of allylic oxidation sites excluding steroid dienone is 9. The van der Waals surface area contributed by atoms with Gasteiger partial charge in [0.05, 0.1) is 39.9 Å². The Morgan fingerprint density at radius 1 is 0.567 bits per heavy atom. The first-order valence-electron chi connectivity index (χ1n) is 24.7. The molecule has 0 aliphatic heterocycles. The maximum Gasteiger partial charge on any atom is 0.472 e. The Labute approximate surface area is 371 Å². The van der Waals surface area contributed by atoms with E-state index in [1.54, 1.807) is 6.08 Å². The van der Waals surface area contributed by atoms with Gasteiger partial charge in [0.2, 0.25) is 5.91 Å². The van der Waals surface area contributed by atoms with E-state index in [0.29, 0.717) is 17.4 Å². The minimum Gasteiger partial charge on any atom is -0.387 e. The van der Waals surface area contributed by atoms with Crippen molar-refractivity contribution >= 4 is 13.7 Å². The van der Waals surface area contributed by atoms with Crippen LogP contribution in [0.1, 0.15) is 206 Å². The number of phosphoric acid groups is 1. The summed E-state index contributed by atoms with van der Waals surface area (Å²) in [4.78, 5) is 23.1. The molecular formula is C51H96N2O6P+. The molecule has 0 aliphatic rings. The second-order valence-corrected chi connectivity index (χ2v) is 19.3. The number of carbonyl (C=O) groups is 1. The van der Waals surface area contributed by atoms with E-state index >= 15 is 0 Å². The van der Waals surface area contributed by atoms with Crippen molar-refractivity contribution in [1.82, 2.24) is 5.32 Å². The fourth-order valence-corrected chi connectivity index (χ4v) is 7.47. The fourth-order valence-electron chi connectivity index (χ4n) is 6.74. The molecule has 3 N–H and O–H groups in total. The molecular weight excluding hydrogens is 768 g/mol. The molecule has 8 nitrogen and oxygen atoms in total. The predicted molar refractivity (Wildman–Crippen MR) is 258 cm³/mol. The highest BCUT2D eigenvalue weighted by molar-refractivity contribution is 7.47. The average molecular weight is 864 g/mol. The Morgan fingerprint density at radius 2 is 0.983 bits per heavy atom. The number of nitrogens with zero attached hydrogens (tertiary/aromatic N) is 1. The highest BCUT2D eigenvalue weighted by Crippen LogP contribution is 2.43. The zero-order chi connectivity index (χ0) is 44.3. The van der Waals surface area contributed by atoms with E-state index in [2.05, 4.69) is 67.8 Å². The van der Waals surface area contributed by atoms with Gasteiger partial charge in [-0.3, -0.25) is 13.8 Å². The summed E-state index contributed by atoms with van der Waals surface area (Å²) >= 11 is 0. The summed E-state index contributed by atoms with van der Waals surface area (Å²) in [6.07, 6.45) is 55.9. The van der Waals surface area contributed by atoms with Gasteiger partial charge >= 0.3 is 7.82 Å². The van der Waals surface area contributed by atoms with Crippen molar-refractivity contribution in [2.75, 3.05) is 40.9 Å². The van der Waals surface area contributed by atoms with Gasteiger partial charge in [-0.2, -0.15) is 0 Å². The van der Waals surface area contributed by atoms with Gasteiger partial charge in [-0.1, -0.05) is 190 Å². The smallest absolute Gasteiger partial charge is 0.387 e. The van der Waals surface area contributed by atoms with Crippen LogP contribution >= 0.6 is 7.82 Å². The minimum atomic E-state index is -4.36. The summed E-state index contributed by atoms with van der Waals surface area (Å²) in [6, 6.07) is -0.878. The molecule has 0 aliphatic carbocycles. The average Bonchev–Trinajstić information content (AvgIpc) is 3.20. The molecule has 0 bridgehead atoms. The summed E-state index contributed by atoms with van der Waals surface area (Å²) in [5, 5.41) is 13.8. The van der Waals surface area contributed by atoms with Crippen LogP contribution in [0.25, 0.3) is 0 Å². The number of rotatable bonds is 44. The SMILES string of the molecule is CCCC/C=C\C/C=C\CCCCCCCC(=O)NC(COP(=O)(O)OCC[N+](C)(C)C)C(O)/C=C/CC/C=C/CC/C=C/CCCCCCCCCCCCCCCC. The van der Waals surface area contributed by atoms with E-state index in [-0.39, 0.29) is 19.1 Å². The van der Waals surface area contributed by atoms with Crippen molar-refractivity contribution in [1.29, 1.82) is 0 Å². The molecule has 350 valence electrons. The summed E-state index contributed by atoms with van der Waals surface area (Å²) in [7, 11) is 1.53. The van der Waals surface area contributed by atoms with E-state index in [0.717, 1.165) is 70.6 Å². The third-order valence-corrected chi connectivity index (χ3v) is 11.7. The lowest BCUT2D eigenvalue weighted by atomic mass is 10.0. The number of hydrogen-bond acceptors (Lipinski definition) is 5. The molecule has 60 heavy (non-hydrogen) atoms. The number of unbranched alkanes of at least 4 members (excludes halogenated alkanes) is 23. The lowest BCUT2D eigenvalue weighted by Crippen LogP contribution is -2.45. The molecule has 0 heterocycles. The Bertz CT molecular complexity index is 1160. The highest BCUT2D eigenvalue weighted by Gasteiger charge is 2.27. The molecule has 0 radical (unpaired) electrons. The Hall–Kier alpha value is -1.80. The summed E-state index contributed by atoms with van der Waals surface area (Å²) in [5.41, 5.74) is 0. The molecule has 0 saturated carbocycles. The number of aliphatic hydroxyl groups excluding tert-OH is 1. The van der Waals surface area contributed by atoms with Gasteiger partial charge in [0.25, 0.3) is 0 Å². The van der Waals surface area contributed by atoms with Gasteiger partial charge in [-0.05, 0) is 70.6 Å². The van der Waals surface area contributed by atoms with Crippen LogP contribution in [0.3, 0.4) is 0 Å². The molecule has 0 aromatic rings. The minimum absolute atomic E-state index is 0.0485. The van der Waals surface area contributed by atoms with Crippen LogP contribution in [0.2, 0.25) is 0 Å². The van der Waals surface area contributed by atoms with Crippen molar-refractivity contribution in [3.05, 3.63) is 60.8 Å². The van der Waals surface area contributed by atoms with Crippen LogP contribution in [-0.4, -0.2) is 73.4 Å². The van der Waals surface area contributed by atoms with E-state index in [1.807, 2.05) is 27.2 Å². The van der Waals surface area contributed by atoms with Crippen LogP contribution in [0, 0.1) is 0 Å². The maximum absolute atomic E-state index is 12.9. The fraction of sp³-hybridized carbons (Fsp3) is 0.784. The van der Waals surface area contributed by atoms with Gasteiger partial charge in [0.1, 0.15) is 13.2 Å². The number of phosphoric ester groups is 1. The standard InChI is InChI=1S/C51H95N2O6P/c1-6-8-10-12-14-16-18-20-22-23-24-25-26-27-28-29-30-31-32-34-36-38-40-42-44-50(54)49(48-59-60(56,57)58-47-46-53(3,4)5)52-51(55)45-43-41-39-37-35-33-21-19-17-15-13-11-9-7-2/h13,15,19,21,29-30,34,36,42,44,49-50,54H,6-12,14,16-18,20,22-28,31-33,35,37-41,43,45-48H2,1-5H3,(H-,52,55,56,57)/p+1/b15-13-,21-19-,30-29+,36-34+,44-42+. The second-order valence-electron chi connectivity index (χ2n) is 17.8. The molecule has 9 heteroatoms. The topological polar surface area (TPSA) is 105 Å². The van der Waals surface area contributed by atoms with Crippen LogP contribution in [-0.2, 0) is 18.4 Å². The van der Waals surface area contributed by atoms with E-state index in [9.17, 15) is 19.4 Å². The lowest BCUT2D eigenvalue weighted by Gasteiger charge is -2.25. The molecule has 0 saturated heterocycles. The summed E-state index contributed by atoms with van der Waals surface area (Å²) in [6.45, 7) is 4.73. The number of amides is 1. The van der Waals surface area contributed by atoms with Crippen molar-refractivity contribution in [3.63, 3.8) is 0 Å². The third kappa shape index (κ3) is 44.3. The third-order valence-electron chi connectivity index (χ3n) is 10.7. The van der Waals surface area contributed by atoms with Crippen LogP contribution in [0.5, 0.6) is 0 Å². The molecule has 3 unspecified atom stereocenters. The normalized spacial score (nSPS) is 14.7. The van der Waals surface area contributed by atoms with Crippen molar-refractivity contribution < 1.29 is 32.9 Å². The van der Waals surface area contributed by atoms with Gasteiger partial charge in [0.15, 0.2) is 0 Å². The van der Waals surface area contributed by atoms with Gasteiger partial charge in [0, 0.05) is 6.42 Å². The quantitative estimate of drug-likeness (QED) is 0.0244. The largest absolute Gasteiger partial charge is 0.472 e. The summed E-state index contributed by atoms with van der Waals surface area (Å²) < 4.78 is 23.6. The maximum atomic E-state index is 12.9. The Balaban J connectivity index is 4.41. The van der Waals surface area contributed by atoms with Gasteiger partial charge in [-0.15, -0.1) is 0 Å². The molecule has 0 spiro atoms. The van der Waals surface area contributed by atoms with Crippen molar-refractivity contribution in [2.24, 2.45) is 0 Å². The zero-order valence-electron chi connectivity index (χ0n) is 39.7. The van der Waals surface area contributed by atoms with Gasteiger partial charge in [-0.25, -0.2) is 4.57 Å². The molecule has 0 aromatic heterocycles. The first-order valence-corrected chi connectivity index (χ1v) is 26.2. The first-order chi connectivity index (χ1) is 29.0. The number of hydrogen-bond donors (Lipinski definition) is 3. The number of aliphatic hydroxyl groups is 1. The van der Waals surface area contributed by atoms with Crippen molar-refractivity contribution in [3.8, 4) is 0 Å². The van der Waals surface area contributed by atoms with Gasteiger partial charge < -0.3 is 19.8 Å². The first kappa shape index (κ1) is 58.2. The van der Waals surface area contributed by atoms with E-state index in [1.165, 1.54) is 116 Å². The van der Waals surface area contributed by atoms with E-state index in [4.69, 9.17) is 9.05 Å². The number of quaternary nitrogens is 1. The molecule has 0 rings (SSSR count). The molecule has 1 amide bonds. The van der Waals surface area contributed by atoms with Crippen molar-refractivity contribution in [2.45, 2.75) is 219 Å². The predicted octanol–water partition coefficient (Wildman–Crippen LogP) is 14.2. The lowest BCUT2D eigenvalue weighted by molar-refractivity contribution is -0.870. The van der Waals surface area contributed by atoms with E-state index < -0.39 is 20.0 Å². The number of likely N-dealkylation sites (N-methyl/N-ethyl adjacent to an activating group) is 1. The monoisotopic (exact) mass is 864 g/mol. The molecule has 0 fully saturated rings. The molecule has 0 aromatic carbocycles. The van der Waals surface area contributed by atoms with Crippen LogP contribution in [0.15, 0.2) is 60.8 Å². The Morgan fingerprint density at radius 3 is 1.48 bits per heavy atom. The molecule has 3 atom stereocenters. The number of nitrogens with one attached hydrogen (secondary N) is 1. The summed E-state index contributed by atoms with van der Waals surface area (Å²) in [5.74, 6) is -0.207. The number of carbonyl (C=O) groups excluding carboxylic acids is 1. The highest BCUT2D eigenvalue weighted by atomic mass is 31.2. The second kappa shape index (κ2) is 42.5. The Kier molecular flexibility index (Phi) is 41.2. The zero-order valence-corrected chi connectivity index (χ0v) is 40.6. The van der Waals surface area contributed by atoms with Crippen LogP contribution < -0.4 is 5.32 Å². The van der Waals surface area contributed by atoms with Crippen LogP contribution in [0.4, 0.5) is 0 Å².